The van der Waals surface area contributed by atoms with Crippen LogP contribution in [-0.2, 0) is 17.9 Å². The number of hydrogen-bond donors (Lipinski definition) is 1. The molecule has 0 aliphatic carbocycles. The van der Waals surface area contributed by atoms with Crippen molar-refractivity contribution in [3.05, 3.63) is 90.8 Å². The van der Waals surface area contributed by atoms with Crippen molar-refractivity contribution < 1.29 is 13.6 Å². The highest BCUT2D eigenvalue weighted by Gasteiger charge is 2.13. The smallest absolute Gasteiger partial charge is 0.225 e. The molecule has 0 fully saturated rings. The van der Waals surface area contributed by atoms with Gasteiger partial charge in [-0.2, -0.15) is 0 Å². The third-order valence-electron chi connectivity index (χ3n) is 4.64. The lowest BCUT2D eigenvalue weighted by atomic mass is 10.1. The van der Waals surface area contributed by atoms with Crippen molar-refractivity contribution >= 4 is 22.4 Å². The molecule has 0 aliphatic heterocycles. The van der Waals surface area contributed by atoms with Crippen LogP contribution in [0.4, 0.5) is 5.69 Å². The number of furan rings is 2. The van der Waals surface area contributed by atoms with Crippen LogP contribution in [0.3, 0.4) is 0 Å². The summed E-state index contributed by atoms with van der Waals surface area (Å²) in [7, 11) is 0. The molecule has 28 heavy (non-hydrogen) atoms. The van der Waals surface area contributed by atoms with Crippen LogP contribution in [0.2, 0.25) is 0 Å². The number of carbonyl (C=O) groups excluding carboxylic acids is 1. The second-order valence-corrected chi connectivity index (χ2v) is 6.69. The maximum absolute atomic E-state index is 12.6. The van der Waals surface area contributed by atoms with Crippen molar-refractivity contribution in [2.45, 2.75) is 19.5 Å². The standard InChI is InChI=1S/C23H22N2O3/c26-23(24-22-11-3-7-18-6-1-2-10-21(18)22)12-13-25(16-19-8-4-14-27-19)17-20-9-5-15-28-20/h1-11,14-15H,12-13,16-17H2,(H,24,26). The molecule has 4 aromatic rings. The number of fused-ring (bicyclic) bond motifs is 1. The molecule has 2 heterocycles. The second-order valence-electron chi connectivity index (χ2n) is 6.69. The zero-order valence-electron chi connectivity index (χ0n) is 15.5. The van der Waals surface area contributed by atoms with Crippen molar-refractivity contribution in [1.82, 2.24) is 4.90 Å². The largest absolute Gasteiger partial charge is 0.468 e. The number of hydrogen-bond acceptors (Lipinski definition) is 4. The Bertz CT molecular complexity index is 982. The van der Waals surface area contributed by atoms with E-state index in [4.69, 9.17) is 8.83 Å². The van der Waals surface area contributed by atoms with Gasteiger partial charge in [0.05, 0.1) is 25.6 Å². The van der Waals surface area contributed by atoms with Gasteiger partial charge in [0.1, 0.15) is 11.5 Å². The highest BCUT2D eigenvalue weighted by Crippen LogP contribution is 2.23. The van der Waals surface area contributed by atoms with Crippen molar-refractivity contribution in [2.24, 2.45) is 0 Å². The summed E-state index contributed by atoms with van der Waals surface area (Å²) in [6.07, 6.45) is 3.70. The average Bonchev–Trinajstić information content (AvgIpc) is 3.41. The molecule has 0 atom stereocenters. The Morgan fingerprint density at radius 2 is 1.50 bits per heavy atom. The monoisotopic (exact) mass is 374 g/mol. The Morgan fingerprint density at radius 3 is 2.18 bits per heavy atom. The van der Waals surface area contributed by atoms with E-state index in [1.807, 2.05) is 66.7 Å². The molecule has 5 heteroatoms. The van der Waals surface area contributed by atoms with Gasteiger partial charge in [-0.05, 0) is 35.7 Å². The van der Waals surface area contributed by atoms with E-state index in [1.54, 1.807) is 12.5 Å². The number of nitrogens with one attached hydrogen (secondary N) is 1. The zero-order valence-corrected chi connectivity index (χ0v) is 15.5. The van der Waals surface area contributed by atoms with Crippen LogP contribution in [0, 0.1) is 0 Å². The third-order valence-corrected chi connectivity index (χ3v) is 4.64. The molecule has 2 aromatic heterocycles. The highest BCUT2D eigenvalue weighted by molar-refractivity contribution is 6.02. The normalized spacial score (nSPS) is 11.2. The first-order valence-electron chi connectivity index (χ1n) is 9.33. The molecule has 0 saturated carbocycles. The molecule has 0 bridgehead atoms. The van der Waals surface area contributed by atoms with E-state index < -0.39 is 0 Å². The minimum Gasteiger partial charge on any atom is -0.468 e. The molecular weight excluding hydrogens is 352 g/mol. The van der Waals surface area contributed by atoms with Gasteiger partial charge in [0.2, 0.25) is 5.91 Å². The van der Waals surface area contributed by atoms with Crippen LogP contribution in [0.1, 0.15) is 17.9 Å². The number of rotatable bonds is 8. The van der Waals surface area contributed by atoms with E-state index in [9.17, 15) is 4.79 Å². The van der Waals surface area contributed by atoms with E-state index in [0.717, 1.165) is 28.0 Å². The molecule has 1 amide bonds. The third kappa shape index (κ3) is 4.50. The molecule has 1 N–H and O–H groups in total. The fourth-order valence-corrected chi connectivity index (χ4v) is 3.27. The number of carbonyl (C=O) groups is 1. The van der Waals surface area contributed by atoms with E-state index in [0.29, 0.717) is 26.1 Å². The van der Waals surface area contributed by atoms with Crippen LogP contribution < -0.4 is 5.32 Å². The van der Waals surface area contributed by atoms with Crippen LogP contribution in [0.5, 0.6) is 0 Å². The summed E-state index contributed by atoms with van der Waals surface area (Å²) in [5.74, 6) is 1.71. The summed E-state index contributed by atoms with van der Waals surface area (Å²) < 4.78 is 10.9. The highest BCUT2D eigenvalue weighted by atomic mass is 16.3. The SMILES string of the molecule is O=C(CCN(Cc1ccco1)Cc1ccco1)Nc1cccc2ccccc12. The van der Waals surface area contributed by atoms with Gasteiger partial charge in [-0.15, -0.1) is 0 Å². The van der Waals surface area contributed by atoms with Gasteiger partial charge in [0.25, 0.3) is 0 Å². The molecule has 0 saturated heterocycles. The van der Waals surface area contributed by atoms with Crippen LogP contribution in [0.15, 0.2) is 88.1 Å². The van der Waals surface area contributed by atoms with Crippen molar-refractivity contribution in [3.63, 3.8) is 0 Å². The average molecular weight is 374 g/mol. The van der Waals surface area contributed by atoms with Gasteiger partial charge < -0.3 is 14.2 Å². The van der Waals surface area contributed by atoms with Crippen molar-refractivity contribution in [1.29, 1.82) is 0 Å². The summed E-state index contributed by atoms with van der Waals surface area (Å²) in [5.41, 5.74) is 0.840. The Hall–Kier alpha value is -3.31. The molecule has 0 aliphatic rings. The van der Waals surface area contributed by atoms with Crippen LogP contribution in [0.25, 0.3) is 10.8 Å². The number of nitrogens with zero attached hydrogens (tertiary/aromatic N) is 1. The maximum atomic E-state index is 12.6. The van der Waals surface area contributed by atoms with Crippen LogP contribution in [-0.4, -0.2) is 17.4 Å². The predicted molar refractivity (Wildman–Crippen MR) is 109 cm³/mol. The van der Waals surface area contributed by atoms with Gasteiger partial charge in [-0.1, -0.05) is 36.4 Å². The molecular formula is C23H22N2O3. The Balaban J connectivity index is 1.40. The van der Waals surface area contributed by atoms with Crippen molar-refractivity contribution in [2.75, 3.05) is 11.9 Å². The Morgan fingerprint density at radius 1 is 0.821 bits per heavy atom. The maximum Gasteiger partial charge on any atom is 0.225 e. The predicted octanol–water partition coefficient (Wildman–Crippen LogP) is 5.06. The summed E-state index contributed by atoms with van der Waals surface area (Å²) in [5, 5.41) is 5.20. The number of benzene rings is 2. The molecule has 4 rings (SSSR count). The number of amides is 1. The van der Waals surface area contributed by atoms with Gasteiger partial charge in [0, 0.05) is 24.0 Å². The minimum absolute atomic E-state index is 0.0137. The molecule has 0 unspecified atom stereocenters. The fraction of sp³-hybridized carbons (Fsp3) is 0.174. The zero-order chi connectivity index (χ0) is 19.2. The molecule has 0 spiro atoms. The lowest BCUT2D eigenvalue weighted by Gasteiger charge is -2.20. The topological polar surface area (TPSA) is 58.6 Å². The Labute approximate surface area is 163 Å². The first-order chi connectivity index (χ1) is 13.8. The molecule has 142 valence electrons. The molecule has 2 aromatic carbocycles. The van der Waals surface area contributed by atoms with E-state index in [1.165, 1.54) is 0 Å². The first-order valence-corrected chi connectivity index (χ1v) is 9.33. The summed E-state index contributed by atoms with van der Waals surface area (Å²) in [6, 6.07) is 21.6. The van der Waals surface area contributed by atoms with Gasteiger partial charge in [0.15, 0.2) is 0 Å². The fourth-order valence-electron chi connectivity index (χ4n) is 3.27. The van der Waals surface area contributed by atoms with Gasteiger partial charge in [-0.25, -0.2) is 0 Å². The van der Waals surface area contributed by atoms with Gasteiger partial charge in [-0.3, -0.25) is 9.69 Å². The minimum atomic E-state index is -0.0137. The van der Waals surface area contributed by atoms with Crippen molar-refractivity contribution in [3.8, 4) is 0 Å². The van der Waals surface area contributed by atoms with E-state index >= 15 is 0 Å². The summed E-state index contributed by atoms with van der Waals surface area (Å²) >= 11 is 0. The summed E-state index contributed by atoms with van der Waals surface area (Å²) in [6.45, 7) is 1.84. The van der Waals surface area contributed by atoms with Gasteiger partial charge >= 0.3 is 0 Å². The second kappa shape index (κ2) is 8.59. The molecule has 5 nitrogen and oxygen atoms in total. The number of anilines is 1. The lowest BCUT2D eigenvalue weighted by molar-refractivity contribution is -0.116. The Kier molecular flexibility index (Phi) is 5.54. The van der Waals surface area contributed by atoms with E-state index in [-0.39, 0.29) is 5.91 Å². The molecule has 0 radical (unpaired) electrons. The van der Waals surface area contributed by atoms with Crippen LogP contribution >= 0.6 is 0 Å². The summed E-state index contributed by atoms with van der Waals surface area (Å²) in [4.78, 5) is 14.7. The quantitative estimate of drug-likeness (QED) is 0.468. The lowest BCUT2D eigenvalue weighted by Crippen LogP contribution is -2.27. The first kappa shape index (κ1) is 18.1. The van der Waals surface area contributed by atoms with E-state index in [2.05, 4.69) is 10.2 Å².